The number of Topliss-reactive ketones (excluding diaryl/α,β-unsaturated/α-hetero) is 1. The lowest BCUT2D eigenvalue weighted by molar-refractivity contribution is -0.134. The van der Waals surface area contributed by atoms with Crippen LogP contribution in [0.15, 0.2) is 36.4 Å². The largest absolute Gasteiger partial charge is 0.456 e. The zero-order chi connectivity index (χ0) is 16.4. The minimum absolute atomic E-state index is 0.118. The average molecular weight is 309 g/mol. The lowest BCUT2D eigenvalue weighted by Gasteiger charge is -2.22. The summed E-state index contributed by atoms with van der Waals surface area (Å²) in [4.78, 5) is 24.5. The van der Waals surface area contributed by atoms with E-state index in [0.717, 1.165) is 12.0 Å². The van der Waals surface area contributed by atoms with Crippen LogP contribution < -0.4 is 10.5 Å². The first-order valence-corrected chi connectivity index (χ1v) is 7.49. The summed E-state index contributed by atoms with van der Waals surface area (Å²) in [7, 11) is 0. The quantitative estimate of drug-likeness (QED) is 0.886. The highest BCUT2D eigenvalue weighted by molar-refractivity contribution is 6.14. The van der Waals surface area contributed by atoms with Crippen LogP contribution in [-0.4, -0.2) is 16.8 Å². The van der Waals surface area contributed by atoms with E-state index in [-0.39, 0.29) is 16.9 Å². The summed E-state index contributed by atoms with van der Waals surface area (Å²) in [5.74, 6) is -3.10. The van der Waals surface area contributed by atoms with Gasteiger partial charge in [-0.3, -0.25) is 9.59 Å². The van der Waals surface area contributed by atoms with Gasteiger partial charge in [0.1, 0.15) is 11.7 Å². The Bertz CT molecular complexity index is 873. The lowest BCUT2D eigenvalue weighted by Crippen LogP contribution is -2.32. The molecule has 4 rings (SSSR count). The van der Waals surface area contributed by atoms with Crippen molar-refractivity contribution in [1.29, 1.82) is 0 Å². The van der Waals surface area contributed by atoms with Crippen molar-refractivity contribution in [2.45, 2.75) is 25.0 Å². The van der Waals surface area contributed by atoms with Crippen LogP contribution in [0.4, 0.5) is 0 Å². The zero-order valence-corrected chi connectivity index (χ0v) is 12.5. The fourth-order valence-corrected chi connectivity index (χ4v) is 3.66. The first-order valence-electron chi connectivity index (χ1n) is 7.49. The summed E-state index contributed by atoms with van der Waals surface area (Å²) < 4.78 is 5.85. The SMILES string of the molecule is CCc1cccc2c1OC1(O)c3cccc(C(N)=O)c3C(=O)C21. The predicted octanol–water partition coefficient (Wildman–Crippen LogP) is 1.87. The van der Waals surface area contributed by atoms with Crippen molar-refractivity contribution in [2.75, 3.05) is 0 Å². The number of hydrogen-bond donors (Lipinski definition) is 2. The van der Waals surface area contributed by atoms with Crippen molar-refractivity contribution in [1.82, 2.24) is 0 Å². The number of amides is 1. The maximum absolute atomic E-state index is 12.9. The normalized spacial score (nSPS) is 23.9. The molecule has 3 N–H and O–H groups in total. The van der Waals surface area contributed by atoms with Gasteiger partial charge in [-0.15, -0.1) is 0 Å². The molecule has 1 heterocycles. The molecule has 1 aliphatic carbocycles. The molecule has 0 spiro atoms. The Morgan fingerprint density at radius 3 is 2.74 bits per heavy atom. The highest BCUT2D eigenvalue weighted by atomic mass is 16.6. The van der Waals surface area contributed by atoms with Gasteiger partial charge in [-0.1, -0.05) is 37.3 Å². The lowest BCUT2D eigenvalue weighted by atomic mass is 9.91. The third-order valence-electron chi connectivity index (χ3n) is 4.69. The van der Waals surface area contributed by atoms with E-state index in [4.69, 9.17) is 10.5 Å². The number of nitrogens with two attached hydrogens (primary N) is 1. The minimum atomic E-state index is -1.77. The predicted molar refractivity (Wildman–Crippen MR) is 82.4 cm³/mol. The highest BCUT2D eigenvalue weighted by Crippen LogP contribution is 2.56. The number of hydrogen-bond acceptors (Lipinski definition) is 4. The third kappa shape index (κ3) is 1.60. The second-order valence-corrected chi connectivity index (χ2v) is 5.88. The van der Waals surface area contributed by atoms with Crippen LogP contribution in [0.25, 0.3) is 0 Å². The molecule has 0 bridgehead atoms. The molecule has 1 aliphatic heterocycles. The van der Waals surface area contributed by atoms with Gasteiger partial charge in [0.15, 0.2) is 5.78 Å². The van der Waals surface area contributed by atoms with E-state index in [2.05, 4.69) is 0 Å². The first kappa shape index (κ1) is 14.0. The van der Waals surface area contributed by atoms with Gasteiger partial charge in [-0.2, -0.15) is 0 Å². The zero-order valence-electron chi connectivity index (χ0n) is 12.5. The van der Waals surface area contributed by atoms with Crippen LogP contribution in [0.3, 0.4) is 0 Å². The van der Waals surface area contributed by atoms with Gasteiger partial charge >= 0.3 is 0 Å². The van der Waals surface area contributed by atoms with Crippen molar-refractivity contribution in [3.63, 3.8) is 0 Å². The monoisotopic (exact) mass is 309 g/mol. The van der Waals surface area contributed by atoms with E-state index >= 15 is 0 Å². The van der Waals surface area contributed by atoms with Gasteiger partial charge in [0.25, 0.3) is 0 Å². The molecule has 1 amide bonds. The first-order chi connectivity index (χ1) is 11.0. The van der Waals surface area contributed by atoms with Gasteiger partial charge in [-0.05, 0) is 18.1 Å². The van der Waals surface area contributed by atoms with Gasteiger partial charge in [-0.25, -0.2) is 0 Å². The number of aryl methyl sites for hydroxylation is 1. The Hall–Kier alpha value is -2.66. The van der Waals surface area contributed by atoms with E-state index < -0.39 is 17.6 Å². The van der Waals surface area contributed by atoms with Crippen LogP contribution >= 0.6 is 0 Å². The molecule has 5 nitrogen and oxygen atoms in total. The number of rotatable bonds is 2. The molecule has 2 unspecified atom stereocenters. The van der Waals surface area contributed by atoms with Crippen LogP contribution in [-0.2, 0) is 12.2 Å². The van der Waals surface area contributed by atoms with Gasteiger partial charge in [0.05, 0.1) is 5.56 Å². The van der Waals surface area contributed by atoms with Gasteiger partial charge < -0.3 is 15.6 Å². The topological polar surface area (TPSA) is 89.6 Å². The third-order valence-corrected chi connectivity index (χ3v) is 4.69. The number of ether oxygens (including phenoxy) is 1. The number of primary amides is 1. The molecule has 23 heavy (non-hydrogen) atoms. The summed E-state index contributed by atoms with van der Waals surface area (Å²) >= 11 is 0. The summed E-state index contributed by atoms with van der Waals surface area (Å²) in [6.07, 6.45) is 0.731. The fraction of sp³-hybridized carbons (Fsp3) is 0.222. The van der Waals surface area contributed by atoms with Crippen molar-refractivity contribution >= 4 is 11.7 Å². The Morgan fingerprint density at radius 2 is 2.04 bits per heavy atom. The van der Waals surface area contributed by atoms with Crippen LogP contribution in [0, 0.1) is 0 Å². The van der Waals surface area contributed by atoms with Crippen molar-refractivity contribution in [3.05, 3.63) is 64.2 Å². The van der Waals surface area contributed by atoms with Crippen LogP contribution in [0.1, 0.15) is 50.2 Å². The molecule has 0 saturated carbocycles. The molecule has 0 aromatic heterocycles. The molecule has 2 aromatic carbocycles. The molecule has 2 aliphatic rings. The maximum atomic E-state index is 12.9. The number of benzene rings is 2. The molecule has 2 aromatic rings. The Morgan fingerprint density at radius 1 is 1.30 bits per heavy atom. The van der Waals surface area contributed by atoms with E-state index in [0.29, 0.717) is 16.9 Å². The average Bonchev–Trinajstić information content (AvgIpc) is 2.96. The number of fused-ring (bicyclic) bond motifs is 5. The van der Waals surface area contributed by atoms with Crippen molar-refractivity contribution in [3.8, 4) is 5.75 Å². The summed E-state index contributed by atoms with van der Waals surface area (Å²) in [5.41, 5.74) is 7.55. The molecule has 5 heteroatoms. The van der Waals surface area contributed by atoms with Crippen LogP contribution in [0.2, 0.25) is 0 Å². The second kappa shape index (κ2) is 4.43. The summed E-state index contributed by atoms with van der Waals surface area (Å²) in [5, 5.41) is 11.1. The minimum Gasteiger partial charge on any atom is -0.456 e. The van der Waals surface area contributed by atoms with E-state index in [1.807, 2.05) is 19.1 Å². The van der Waals surface area contributed by atoms with Crippen molar-refractivity contribution < 1.29 is 19.4 Å². The molecule has 0 saturated heterocycles. The Balaban J connectivity index is 1.98. The smallest absolute Gasteiger partial charge is 0.250 e. The van der Waals surface area contributed by atoms with Gasteiger partial charge in [0.2, 0.25) is 11.7 Å². The molecule has 0 radical (unpaired) electrons. The van der Waals surface area contributed by atoms with E-state index in [1.165, 1.54) is 6.07 Å². The van der Waals surface area contributed by atoms with E-state index in [1.54, 1.807) is 18.2 Å². The Labute approximate surface area is 132 Å². The number of para-hydroxylation sites is 1. The number of carbonyl (C=O) groups is 2. The Kier molecular flexibility index (Phi) is 2.69. The molecule has 116 valence electrons. The molecule has 0 fully saturated rings. The summed E-state index contributed by atoms with van der Waals surface area (Å²) in [6.45, 7) is 1.98. The van der Waals surface area contributed by atoms with Gasteiger partial charge in [0, 0.05) is 16.7 Å². The standard InChI is InChI=1S/C18H15NO4/c1-2-9-5-3-7-11-14-15(20)13-10(17(19)21)6-4-8-12(13)18(14,22)23-16(9)11/h3-8,14,22H,2H2,1H3,(H2,19,21). The molecule has 2 atom stereocenters. The molecular formula is C18H15NO4. The number of carbonyl (C=O) groups excluding carboxylic acids is 2. The summed E-state index contributed by atoms with van der Waals surface area (Å²) in [6, 6.07) is 10.2. The highest BCUT2D eigenvalue weighted by Gasteiger charge is 2.60. The maximum Gasteiger partial charge on any atom is 0.250 e. The fourth-order valence-electron chi connectivity index (χ4n) is 3.66. The van der Waals surface area contributed by atoms with Crippen LogP contribution in [0.5, 0.6) is 5.75 Å². The molecular weight excluding hydrogens is 294 g/mol. The second-order valence-electron chi connectivity index (χ2n) is 5.88. The number of aliphatic hydroxyl groups is 1. The van der Waals surface area contributed by atoms with E-state index in [9.17, 15) is 14.7 Å². The van der Waals surface area contributed by atoms with Crippen molar-refractivity contribution in [2.24, 2.45) is 5.73 Å². The number of ketones is 1.